The molecule has 1 N–H and O–H groups in total. The Bertz CT molecular complexity index is 1120. The zero-order chi connectivity index (χ0) is 19.5. The van der Waals surface area contributed by atoms with Gasteiger partial charge >= 0.3 is 0 Å². The minimum atomic E-state index is -0.235. The lowest BCUT2D eigenvalue weighted by Gasteiger charge is -2.06. The van der Waals surface area contributed by atoms with Crippen LogP contribution in [0.1, 0.15) is 26.5 Å². The van der Waals surface area contributed by atoms with E-state index in [4.69, 9.17) is 4.52 Å². The maximum Gasteiger partial charge on any atom is 0.280 e. The van der Waals surface area contributed by atoms with Crippen molar-refractivity contribution in [2.75, 3.05) is 0 Å². The topological polar surface area (TPSA) is 93.8 Å². The average molecular weight is 391 g/mol. The molecule has 4 aromatic rings. The molecule has 3 heterocycles. The molecule has 4 rings (SSSR count). The van der Waals surface area contributed by atoms with Crippen LogP contribution < -0.4 is 5.32 Å². The van der Waals surface area contributed by atoms with Crippen LogP contribution in [0.3, 0.4) is 0 Å². The van der Waals surface area contributed by atoms with Crippen LogP contribution in [0.4, 0.5) is 0 Å². The standard InChI is InChI=1S/C20H17N5O2S/c1-12-5-6-14(8-13(12)2)9-22-18(26)20-23-16(11-28-20)19-24-17(25-27-19)15-4-3-7-21-10-15/h3-8,10-11H,9H2,1-2H3,(H,22,26). The first-order chi connectivity index (χ1) is 13.6. The largest absolute Gasteiger partial charge is 0.346 e. The molecule has 0 atom stereocenters. The second-order valence-corrected chi connectivity index (χ2v) is 7.16. The van der Waals surface area contributed by atoms with E-state index in [0.717, 1.165) is 11.1 Å². The molecule has 0 fully saturated rings. The van der Waals surface area contributed by atoms with E-state index in [-0.39, 0.29) is 11.8 Å². The second-order valence-electron chi connectivity index (χ2n) is 6.30. The number of aryl methyl sites for hydroxylation is 2. The van der Waals surface area contributed by atoms with Gasteiger partial charge in [-0.25, -0.2) is 4.98 Å². The molecule has 1 amide bonds. The predicted molar refractivity (Wildman–Crippen MR) is 106 cm³/mol. The van der Waals surface area contributed by atoms with Crippen molar-refractivity contribution in [1.82, 2.24) is 25.4 Å². The number of pyridine rings is 1. The summed E-state index contributed by atoms with van der Waals surface area (Å²) in [5, 5.41) is 8.91. The number of rotatable bonds is 5. The highest BCUT2D eigenvalue weighted by Gasteiger charge is 2.17. The van der Waals surface area contributed by atoms with Crippen LogP contribution in [0.15, 0.2) is 52.6 Å². The molecule has 28 heavy (non-hydrogen) atoms. The lowest BCUT2D eigenvalue weighted by atomic mass is 10.1. The fourth-order valence-electron chi connectivity index (χ4n) is 2.59. The summed E-state index contributed by atoms with van der Waals surface area (Å²) in [7, 11) is 0. The summed E-state index contributed by atoms with van der Waals surface area (Å²) in [6, 6.07) is 9.77. The summed E-state index contributed by atoms with van der Waals surface area (Å²) in [4.78, 5) is 25.1. The number of hydrogen-bond donors (Lipinski definition) is 1. The van der Waals surface area contributed by atoms with Gasteiger partial charge in [-0.3, -0.25) is 9.78 Å². The van der Waals surface area contributed by atoms with Crippen LogP contribution >= 0.6 is 11.3 Å². The zero-order valence-electron chi connectivity index (χ0n) is 15.3. The fraction of sp³-hybridized carbons (Fsp3) is 0.150. The van der Waals surface area contributed by atoms with Gasteiger partial charge in [0.2, 0.25) is 5.82 Å². The summed E-state index contributed by atoms with van der Waals surface area (Å²) in [6.07, 6.45) is 3.33. The number of amides is 1. The third-order valence-corrected chi connectivity index (χ3v) is 5.13. The molecule has 0 aliphatic rings. The summed E-state index contributed by atoms with van der Waals surface area (Å²) in [6.45, 7) is 4.56. The Morgan fingerprint density at radius 3 is 2.86 bits per heavy atom. The van der Waals surface area contributed by atoms with E-state index in [1.165, 1.54) is 22.5 Å². The molecule has 0 radical (unpaired) electrons. The van der Waals surface area contributed by atoms with Gasteiger partial charge in [0.25, 0.3) is 11.8 Å². The number of nitrogens with one attached hydrogen (secondary N) is 1. The van der Waals surface area contributed by atoms with Gasteiger partial charge in [0, 0.05) is 29.9 Å². The van der Waals surface area contributed by atoms with Crippen LogP contribution in [0.5, 0.6) is 0 Å². The van der Waals surface area contributed by atoms with Crippen molar-refractivity contribution in [2.45, 2.75) is 20.4 Å². The Kier molecular flexibility index (Phi) is 4.94. The SMILES string of the molecule is Cc1ccc(CNC(=O)c2nc(-c3nc(-c4cccnc4)no3)cs2)cc1C. The fourth-order valence-corrected chi connectivity index (χ4v) is 3.29. The first-order valence-electron chi connectivity index (χ1n) is 8.64. The maximum atomic E-state index is 12.4. The van der Waals surface area contributed by atoms with Gasteiger partial charge in [-0.15, -0.1) is 11.3 Å². The van der Waals surface area contributed by atoms with Gasteiger partial charge in [-0.05, 0) is 42.7 Å². The van der Waals surface area contributed by atoms with Gasteiger partial charge in [0.15, 0.2) is 5.01 Å². The van der Waals surface area contributed by atoms with Crippen LogP contribution in [0.2, 0.25) is 0 Å². The second kappa shape index (κ2) is 7.69. The number of carbonyl (C=O) groups excluding carboxylic acids is 1. The van der Waals surface area contributed by atoms with E-state index in [1.54, 1.807) is 23.8 Å². The minimum absolute atomic E-state index is 0.235. The van der Waals surface area contributed by atoms with Crippen LogP contribution in [-0.2, 0) is 6.54 Å². The quantitative estimate of drug-likeness (QED) is 0.556. The van der Waals surface area contributed by atoms with Gasteiger partial charge in [-0.1, -0.05) is 23.4 Å². The van der Waals surface area contributed by atoms with E-state index < -0.39 is 0 Å². The van der Waals surface area contributed by atoms with E-state index >= 15 is 0 Å². The van der Waals surface area contributed by atoms with Gasteiger partial charge < -0.3 is 9.84 Å². The number of aromatic nitrogens is 4. The third-order valence-electron chi connectivity index (χ3n) is 4.29. The summed E-state index contributed by atoms with van der Waals surface area (Å²) in [5.41, 5.74) is 4.70. The highest BCUT2D eigenvalue weighted by Crippen LogP contribution is 2.23. The normalized spacial score (nSPS) is 10.8. The molecule has 0 aliphatic carbocycles. The Morgan fingerprint density at radius 1 is 1.18 bits per heavy atom. The van der Waals surface area contributed by atoms with Crippen molar-refractivity contribution in [3.05, 3.63) is 69.8 Å². The van der Waals surface area contributed by atoms with Crippen molar-refractivity contribution in [3.63, 3.8) is 0 Å². The molecule has 140 valence electrons. The molecule has 0 aliphatic heterocycles. The van der Waals surface area contributed by atoms with Crippen LogP contribution in [0.25, 0.3) is 23.0 Å². The molecule has 3 aromatic heterocycles. The summed E-state index contributed by atoms with van der Waals surface area (Å²) >= 11 is 1.24. The summed E-state index contributed by atoms with van der Waals surface area (Å²) < 4.78 is 5.28. The van der Waals surface area contributed by atoms with Crippen molar-refractivity contribution < 1.29 is 9.32 Å². The monoisotopic (exact) mass is 391 g/mol. The molecule has 8 heteroatoms. The molecule has 7 nitrogen and oxygen atoms in total. The Morgan fingerprint density at radius 2 is 2.07 bits per heavy atom. The number of hydrogen-bond acceptors (Lipinski definition) is 7. The number of nitrogens with zero attached hydrogens (tertiary/aromatic N) is 4. The highest BCUT2D eigenvalue weighted by atomic mass is 32.1. The number of carbonyl (C=O) groups is 1. The maximum absolute atomic E-state index is 12.4. The molecule has 0 unspecified atom stereocenters. The molecule has 0 saturated heterocycles. The smallest absolute Gasteiger partial charge is 0.280 e. The van der Waals surface area contributed by atoms with Gasteiger partial charge in [0.05, 0.1) is 0 Å². The van der Waals surface area contributed by atoms with E-state index in [1.807, 2.05) is 18.2 Å². The van der Waals surface area contributed by atoms with Gasteiger partial charge in [0.1, 0.15) is 5.69 Å². The van der Waals surface area contributed by atoms with Crippen molar-refractivity contribution in [2.24, 2.45) is 0 Å². The van der Waals surface area contributed by atoms with E-state index in [2.05, 4.69) is 45.3 Å². The Balaban J connectivity index is 1.44. The number of benzene rings is 1. The third kappa shape index (κ3) is 3.81. The molecule has 0 saturated carbocycles. The molecule has 0 spiro atoms. The van der Waals surface area contributed by atoms with Crippen LogP contribution in [0, 0.1) is 13.8 Å². The average Bonchev–Trinajstić information content (AvgIpc) is 3.39. The van der Waals surface area contributed by atoms with Crippen molar-refractivity contribution in [3.8, 4) is 23.0 Å². The minimum Gasteiger partial charge on any atom is -0.346 e. The highest BCUT2D eigenvalue weighted by molar-refractivity contribution is 7.12. The lowest BCUT2D eigenvalue weighted by molar-refractivity contribution is 0.0950. The Labute approximate surface area is 165 Å². The summed E-state index contributed by atoms with van der Waals surface area (Å²) in [5.74, 6) is 0.460. The predicted octanol–water partition coefficient (Wildman–Crippen LogP) is 3.80. The zero-order valence-corrected chi connectivity index (χ0v) is 16.2. The van der Waals surface area contributed by atoms with E-state index in [0.29, 0.717) is 23.1 Å². The molecule has 0 bridgehead atoms. The lowest BCUT2D eigenvalue weighted by Crippen LogP contribution is -2.22. The molecular formula is C20H17N5O2S. The van der Waals surface area contributed by atoms with E-state index in [9.17, 15) is 4.79 Å². The first kappa shape index (κ1) is 18.0. The van der Waals surface area contributed by atoms with Gasteiger partial charge in [-0.2, -0.15) is 4.98 Å². The molecule has 1 aromatic carbocycles. The van der Waals surface area contributed by atoms with Crippen LogP contribution in [-0.4, -0.2) is 26.0 Å². The van der Waals surface area contributed by atoms with Crippen molar-refractivity contribution >= 4 is 17.2 Å². The Hall–Kier alpha value is -3.39. The van der Waals surface area contributed by atoms with Crippen molar-refractivity contribution in [1.29, 1.82) is 0 Å². The number of thiazole rings is 1. The first-order valence-corrected chi connectivity index (χ1v) is 9.52. The molecular weight excluding hydrogens is 374 g/mol.